The van der Waals surface area contributed by atoms with Gasteiger partial charge in [0.25, 0.3) is 5.91 Å². The van der Waals surface area contributed by atoms with Gasteiger partial charge in [0.2, 0.25) is 10.0 Å². The number of anilines is 1. The lowest BCUT2D eigenvalue weighted by Gasteiger charge is -2.17. The third kappa shape index (κ3) is 4.73. The minimum atomic E-state index is -3.86. The van der Waals surface area contributed by atoms with Crippen molar-refractivity contribution in [2.45, 2.75) is 36.3 Å². The molecule has 0 aliphatic heterocycles. The van der Waals surface area contributed by atoms with E-state index < -0.39 is 33.9 Å². The van der Waals surface area contributed by atoms with E-state index in [-0.39, 0.29) is 14.9 Å². The van der Waals surface area contributed by atoms with E-state index in [1.807, 2.05) is 0 Å². The van der Waals surface area contributed by atoms with E-state index in [2.05, 4.69) is 26.0 Å². The van der Waals surface area contributed by atoms with Crippen molar-refractivity contribution in [1.82, 2.24) is 4.72 Å². The summed E-state index contributed by atoms with van der Waals surface area (Å²) in [5.74, 6) is -0.979. The lowest BCUT2D eigenvalue weighted by molar-refractivity contribution is 0.102. The van der Waals surface area contributed by atoms with Gasteiger partial charge in [0.1, 0.15) is 5.82 Å². The zero-order valence-electron chi connectivity index (χ0n) is 14.2. The maximum absolute atomic E-state index is 13.3. The zero-order valence-corrected chi connectivity index (χ0v) is 16.6. The van der Waals surface area contributed by atoms with Gasteiger partial charge in [-0.05, 0) is 71.6 Å². The van der Waals surface area contributed by atoms with E-state index in [1.54, 1.807) is 0 Å². The zero-order chi connectivity index (χ0) is 19.6. The highest BCUT2D eigenvalue weighted by Gasteiger charge is 2.30. The average Bonchev–Trinajstić information content (AvgIpc) is 3.02. The fraction of sp³-hybridized carbons (Fsp3) is 0.278. The molecular weight excluding hydrogens is 439 g/mol. The van der Waals surface area contributed by atoms with E-state index in [0.29, 0.717) is 18.5 Å². The minimum absolute atomic E-state index is 0.0606. The summed E-state index contributed by atoms with van der Waals surface area (Å²) in [7, 11) is -3.86. The van der Waals surface area contributed by atoms with Crippen LogP contribution in [0.15, 0.2) is 51.8 Å². The van der Waals surface area contributed by atoms with Crippen LogP contribution in [0.4, 0.5) is 10.1 Å². The number of halogens is 2. The summed E-state index contributed by atoms with van der Waals surface area (Å²) in [5, 5.41) is 12.4. The van der Waals surface area contributed by atoms with Crippen molar-refractivity contribution in [3.8, 4) is 0 Å². The molecule has 1 amide bonds. The van der Waals surface area contributed by atoms with Crippen molar-refractivity contribution in [3.63, 3.8) is 0 Å². The Labute approximate surface area is 165 Å². The maximum Gasteiger partial charge on any atom is 0.255 e. The molecule has 0 heterocycles. The van der Waals surface area contributed by atoms with Crippen molar-refractivity contribution >= 4 is 37.5 Å². The first-order valence-corrected chi connectivity index (χ1v) is 10.6. The number of hydrogen-bond acceptors (Lipinski definition) is 4. The molecule has 9 heteroatoms. The van der Waals surface area contributed by atoms with Crippen molar-refractivity contribution < 1.29 is 22.7 Å². The van der Waals surface area contributed by atoms with Crippen LogP contribution in [-0.2, 0) is 10.0 Å². The quantitative estimate of drug-likeness (QED) is 0.644. The highest BCUT2D eigenvalue weighted by molar-refractivity contribution is 9.10. The smallest absolute Gasteiger partial charge is 0.255 e. The Morgan fingerprint density at radius 2 is 1.96 bits per heavy atom. The second kappa shape index (κ2) is 8.05. The van der Waals surface area contributed by atoms with E-state index in [9.17, 15) is 22.7 Å². The van der Waals surface area contributed by atoms with Crippen molar-refractivity contribution in [3.05, 3.63) is 58.3 Å². The molecule has 0 saturated heterocycles. The molecule has 6 nitrogen and oxygen atoms in total. The van der Waals surface area contributed by atoms with Gasteiger partial charge < -0.3 is 10.4 Å². The van der Waals surface area contributed by atoms with Gasteiger partial charge in [-0.3, -0.25) is 4.79 Å². The number of nitrogens with one attached hydrogen (secondary N) is 2. The monoisotopic (exact) mass is 456 g/mol. The Balaban J connectivity index is 1.77. The predicted molar refractivity (Wildman–Crippen MR) is 102 cm³/mol. The van der Waals surface area contributed by atoms with Gasteiger partial charge in [0.05, 0.1) is 15.5 Å². The van der Waals surface area contributed by atoms with Crippen LogP contribution in [0.3, 0.4) is 0 Å². The summed E-state index contributed by atoms with van der Waals surface area (Å²) in [6.07, 6.45) is 1.18. The molecule has 0 radical (unpaired) electrons. The van der Waals surface area contributed by atoms with E-state index in [0.717, 1.165) is 6.42 Å². The van der Waals surface area contributed by atoms with Crippen molar-refractivity contribution in [2.24, 2.45) is 0 Å². The Kier molecular flexibility index (Phi) is 5.95. The summed E-state index contributed by atoms with van der Waals surface area (Å²) in [5.41, 5.74) is 0.513. The molecular formula is C18H18BrFN2O4S. The minimum Gasteiger partial charge on any atom is -0.391 e. The van der Waals surface area contributed by atoms with Gasteiger partial charge in [0, 0.05) is 17.3 Å². The normalized spacial score (nSPS) is 19.8. The van der Waals surface area contributed by atoms with Gasteiger partial charge in [-0.2, -0.15) is 0 Å². The first-order valence-electron chi connectivity index (χ1n) is 8.33. The van der Waals surface area contributed by atoms with Crippen LogP contribution in [-0.4, -0.2) is 31.6 Å². The standard InChI is InChI=1S/C18H18BrFN2O4S/c19-14-10-12(7-8-15(14)20)21-18(24)11-3-1-4-13(9-11)27(25,26)22-16-5-2-6-17(16)23/h1,3-4,7-10,16-17,22-23H,2,5-6H2,(H,21,24). The maximum atomic E-state index is 13.3. The highest BCUT2D eigenvalue weighted by Crippen LogP contribution is 2.23. The molecule has 1 aliphatic rings. The van der Waals surface area contributed by atoms with Crippen LogP contribution in [0, 0.1) is 5.82 Å². The average molecular weight is 457 g/mol. The van der Waals surface area contributed by atoms with Crippen LogP contribution >= 0.6 is 15.9 Å². The lowest BCUT2D eigenvalue weighted by Crippen LogP contribution is -2.39. The Morgan fingerprint density at radius 1 is 1.19 bits per heavy atom. The van der Waals surface area contributed by atoms with E-state index in [4.69, 9.17) is 0 Å². The molecule has 0 bridgehead atoms. The molecule has 1 saturated carbocycles. The number of amides is 1. The number of carbonyl (C=O) groups excluding carboxylic acids is 1. The summed E-state index contributed by atoms with van der Waals surface area (Å²) >= 11 is 3.04. The summed E-state index contributed by atoms with van der Waals surface area (Å²) in [4.78, 5) is 12.4. The molecule has 27 heavy (non-hydrogen) atoms. The van der Waals surface area contributed by atoms with Crippen LogP contribution in [0.5, 0.6) is 0 Å². The summed E-state index contributed by atoms with van der Waals surface area (Å²) < 4.78 is 41.1. The van der Waals surface area contributed by atoms with Crippen LogP contribution in [0.2, 0.25) is 0 Å². The Bertz CT molecular complexity index is 968. The fourth-order valence-corrected chi connectivity index (χ4v) is 4.66. The molecule has 3 rings (SSSR count). The number of rotatable bonds is 5. The molecule has 144 valence electrons. The largest absolute Gasteiger partial charge is 0.391 e. The van der Waals surface area contributed by atoms with Gasteiger partial charge >= 0.3 is 0 Å². The van der Waals surface area contributed by atoms with Gasteiger partial charge in [-0.1, -0.05) is 6.07 Å². The molecule has 1 fully saturated rings. The van der Waals surface area contributed by atoms with E-state index >= 15 is 0 Å². The molecule has 1 aliphatic carbocycles. The molecule has 2 unspecified atom stereocenters. The predicted octanol–water partition coefficient (Wildman–Crippen LogP) is 3.03. The molecule has 0 spiro atoms. The lowest BCUT2D eigenvalue weighted by atomic mass is 10.2. The number of benzene rings is 2. The highest BCUT2D eigenvalue weighted by atomic mass is 79.9. The molecule has 2 atom stereocenters. The number of sulfonamides is 1. The molecule has 2 aromatic carbocycles. The van der Waals surface area contributed by atoms with Crippen molar-refractivity contribution in [1.29, 1.82) is 0 Å². The first kappa shape index (κ1) is 19.9. The molecule has 2 aromatic rings. The first-order chi connectivity index (χ1) is 12.8. The van der Waals surface area contributed by atoms with Crippen molar-refractivity contribution in [2.75, 3.05) is 5.32 Å². The number of carbonyl (C=O) groups is 1. The second-order valence-electron chi connectivity index (χ2n) is 6.34. The Morgan fingerprint density at radius 3 is 2.63 bits per heavy atom. The van der Waals surface area contributed by atoms with Crippen LogP contribution in [0.25, 0.3) is 0 Å². The second-order valence-corrected chi connectivity index (χ2v) is 8.91. The topological polar surface area (TPSA) is 95.5 Å². The third-order valence-corrected chi connectivity index (χ3v) is 6.47. The fourth-order valence-electron chi connectivity index (χ4n) is 2.93. The number of hydrogen-bond donors (Lipinski definition) is 3. The number of aliphatic hydroxyl groups is 1. The van der Waals surface area contributed by atoms with Gasteiger partial charge in [0.15, 0.2) is 0 Å². The molecule has 0 aromatic heterocycles. The SMILES string of the molecule is O=C(Nc1ccc(F)c(Br)c1)c1cccc(S(=O)(=O)NC2CCCC2O)c1. The third-order valence-electron chi connectivity index (χ3n) is 4.37. The number of aliphatic hydroxyl groups excluding tert-OH is 1. The van der Waals surface area contributed by atoms with Gasteiger partial charge in [-0.15, -0.1) is 0 Å². The van der Waals surface area contributed by atoms with Crippen LogP contribution < -0.4 is 10.0 Å². The summed E-state index contributed by atoms with van der Waals surface area (Å²) in [6, 6.07) is 9.10. The summed E-state index contributed by atoms with van der Waals surface area (Å²) in [6.45, 7) is 0. The molecule has 3 N–H and O–H groups in total. The van der Waals surface area contributed by atoms with Gasteiger partial charge in [-0.25, -0.2) is 17.5 Å². The van der Waals surface area contributed by atoms with E-state index in [1.165, 1.54) is 42.5 Å². The van der Waals surface area contributed by atoms with Crippen LogP contribution in [0.1, 0.15) is 29.6 Å². The Hall–Kier alpha value is -1.81.